The summed E-state index contributed by atoms with van der Waals surface area (Å²) in [7, 11) is 1.91. The van der Waals surface area contributed by atoms with E-state index in [0.29, 0.717) is 18.5 Å². The number of aryl methyl sites for hydroxylation is 1. The summed E-state index contributed by atoms with van der Waals surface area (Å²) in [5.74, 6) is 5.96. The minimum Gasteiger partial charge on any atom is -0.353 e. The number of aliphatic imine (C=N–C) groups is 1. The molecule has 1 rings (SSSR count). The number of hydrogen-bond donors (Lipinski definition) is 3. The molecule has 0 aromatic carbocycles. The molecule has 0 aliphatic heterocycles. The van der Waals surface area contributed by atoms with E-state index < -0.39 is 0 Å². The maximum Gasteiger partial charge on any atom is 0.206 e. The van der Waals surface area contributed by atoms with Crippen LogP contribution < -0.4 is 16.6 Å². The summed E-state index contributed by atoms with van der Waals surface area (Å²) in [6.45, 7) is 6.65. The van der Waals surface area contributed by atoms with Gasteiger partial charge in [0.15, 0.2) is 0 Å². The van der Waals surface area contributed by atoms with Crippen LogP contribution in [0.4, 0.5) is 0 Å². The lowest BCUT2D eigenvalue weighted by Gasteiger charge is -2.11. The minimum absolute atomic E-state index is 0.296. The van der Waals surface area contributed by atoms with Gasteiger partial charge in [0.1, 0.15) is 0 Å². The van der Waals surface area contributed by atoms with E-state index in [0.717, 1.165) is 11.3 Å². The highest BCUT2D eigenvalue weighted by Crippen LogP contribution is 2.06. The SMILES string of the molecule is Cc1c(CN=C(NN)NC(C)C)cnn1C. The van der Waals surface area contributed by atoms with Gasteiger partial charge in [0, 0.05) is 24.3 Å². The van der Waals surface area contributed by atoms with Crippen LogP contribution in [0.2, 0.25) is 0 Å². The van der Waals surface area contributed by atoms with Crippen LogP contribution in [0.1, 0.15) is 25.1 Å². The van der Waals surface area contributed by atoms with Gasteiger partial charge in [0.2, 0.25) is 5.96 Å². The molecule has 1 aromatic heterocycles. The predicted octanol–water partition coefficient (Wildman–Crippen LogP) is 0.0458. The molecule has 0 aliphatic carbocycles. The molecular weight excluding hydrogens is 204 g/mol. The Hall–Kier alpha value is -1.56. The lowest BCUT2D eigenvalue weighted by molar-refractivity contribution is 0.701. The zero-order chi connectivity index (χ0) is 12.1. The van der Waals surface area contributed by atoms with Gasteiger partial charge in [0.05, 0.1) is 12.7 Å². The molecule has 0 saturated heterocycles. The third-order valence-corrected chi connectivity index (χ3v) is 2.31. The Bertz CT molecular complexity index is 365. The highest BCUT2D eigenvalue weighted by molar-refractivity contribution is 5.79. The number of rotatable bonds is 3. The second-order valence-electron chi connectivity index (χ2n) is 3.99. The molecule has 0 spiro atoms. The second kappa shape index (κ2) is 5.50. The number of nitrogens with two attached hydrogens (primary N) is 1. The third kappa shape index (κ3) is 3.23. The minimum atomic E-state index is 0.296. The zero-order valence-corrected chi connectivity index (χ0v) is 10.3. The number of nitrogens with zero attached hydrogens (tertiary/aromatic N) is 3. The standard InChI is InChI=1S/C10H20N6/c1-7(2)14-10(15-11)12-5-9-6-13-16(4)8(9)3/h6-7H,5,11H2,1-4H3,(H2,12,14,15). The molecule has 0 aliphatic rings. The Balaban J connectivity index is 2.66. The van der Waals surface area contributed by atoms with Gasteiger partial charge in [-0.1, -0.05) is 0 Å². The highest BCUT2D eigenvalue weighted by atomic mass is 15.3. The number of aromatic nitrogens is 2. The average molecular weight is 224 g/mol. The molecule has 0 radical (unpaired) electrons. The summed E-state index contributed by atoms with van der Waals surface area (Å²) < 4.78 is 1.83. The Morgan fingerprint density at radius 2 is 2.31 bits per heavy atom. The van der Waals surface area contributed by atoms with Crippen LogP contribution in [-0.2, 0) is 13.6 Å². The lowest BCUT2D eigenvalue weighted by Crippen LogP contribution is -2.44. The van der Waals surface area contributed by atoms with E-state index in [4.69, 9.17) is 5.84 Å². The van der Waals surface area contributed by atoms with Crippen LogP contribution in [0.5, 0.6) is 0 Å². The van der Waals surface area contributed by atoms with Crippen molar-refractivity contribution in [3.8, 4) is 0 Å². The van der Waals surface area contributed by atoms with Crippen LogP contribution in [0.25, 0.3) is 0 Å². The zero-order valence-electron chi connectivity index (χ0n) is 10.3. The van der Waals surface area contributed by atoms with Gasteiger partial charge < -0.3 is 5.32 Å². The van der Waals surface area contributed by atoms with E-state index in [2.05, 4.69) is 20.8 Å². The highest BCUT2D eigenvalue weighted by Gasteiger charge is 2.03. The molecule has 1 heterocycles. The molecule has 0 amide bonds. The Morgan fingerprint density at radius 3 is 2.75 bits per heavy atom. The average Bonchev–Trinajstić information content (AvgIpc) is 2.54. The molecule has 6 heteroatoms. The van der Waals surface area contributed by atoms with Crippen molar-refractivity contribution in [1.29, 1.82) is 0 Å². The fraction of sp³-hybridized carbons (Fsp3) is 0.600. The quantitative estimate of drug-likeness (QED) is 0.293. The van der Waals surface area contributed by atoms with Crippen LogP contribution in [0, 0.1) is 6.92 Å². The van der Waals surface area contributed by atoms with Crippen LogP contribution in [-0.4, -0.2) is 21.8 Å². The summed E-state index contributed by atoms with van der Waals surface area (Å²) in [6, 6.07) is 0.296. The fourth-order valence-corrected chi connectivity index (χ4v) is 1.27. The van der Waals surface area contributed by atoms with Crippen LogP contribution in [0.3, 0.4) is 0 Å². The topological polar surface area (TPSA) is 80.3 Å². The Morgan fingerprint density at radius 1 is 1.62 bits per heavy atom. The van der Waals surface area contributed by atoms with Gasteiger partial charge in [-0.15, -0.1) is 0 Å². The summed E-state index contributed by atoms with van der Waals surface area (Å²) in [6.07, 6.45) is 1.82. The van der Waals surface area contributed by atoms with Crippen molar-refractivity contribution in [3.05, 3.63) is 17.5 Å². The van der Waals surface area contributed by atoms with E-state index in [9.17, 15) is 0 Å². The first-order valence-corrected chi connectivity index (χ1v) is 5.29. The third-order valence-electron chi connectivity index (χ3n) is 2.31. The smallest absolute Gasteiger partial charge is 0.206 e. The van der Waals surface area contributed by atoms with E-state index in [1.54, 1.807) is 0 Å². The molecule has 0 saturated carbocycles. The van der Waals surface area contributed by atoms with Crippen molar-refractivity contribution < 1.29 is 0 Å². The molecule has 0 fully saturated rings. The molecule has 16 heavy (non-hydrogen) atoms. The first kappa shape index (κ1) is 12.5. The Labute approximate surface area is 95.9 Å². The monoisotopic (exact) mass is 224 g/mol. The Kier molecular flexibility index (Phi) is 4.30. The number of guanidine groups is 1. The first-order valence-electron chi connectivity index (χ1n) is 5.29. The van der Waals surface area contributed by atoms with Crippen LogP contribution >= 0.6 is 0 Å². The normalized spacial score (nSPS) is 12.0. The van der Waals surface area contributed by atoms with Gasteiger partial charge in [-0.05, 0) is 20.8 Å². The van der Waals surface area contributed by atoms with E-state index in [1.165, 1.54) is 0 Å². The van der Waals surface area contributed by atoms with Gasteiger partial charge in [-0.2, -0.15) is 5.10 Å². The molecule has 0 atom stereocenters. The van der Waals surface area contributed by atoms with Crippen molar-refractivity contribution in [2.45, 2.75) is 33.4 Å². The van der Waals surface area contributed by atoms with E-state index >= 15 is 0 Å². The molecular formula is C10H20N6. The summed E-state index contributed by atoms with van der Waals surface area (Å²) in [5, 5.41) is 7.27. The number of nitrogens with one attached hydrogen (secondary N) is 2. The van der Waals surface area contributed by atoms with Crippen molar-refractivity contribution in [3.63, 3.8) is 0 Å². The maximum atomic E-state index is 5.36. The molecule has 0 unspecified atom stereocenters. The van der Waals surface area contributed by atoms with Crippen molar-refractivity contribution in [2.24, 2.45) is 17.9 Å². The lowest BCUT2D eigenvalue weighted by atomic mass is 10.3. The molecule has 90 valence electrons. The fourth-order valence-electron chi connectivity index (χ4n) is 1.27. The van der Waals surface area contributed by atoms with Crippen molar-refractivity contribution in [2.75, 3.05) is 0 Å². The number of hydrogen-bond acceptors (Lipinski definition) is 3. The predicted molar refractivity (Wildman–Crippen MR) is 64.7 cm³/mol. The van der Waals surface area contributed by atoms with E-state index in [1.807, 2.05) is 38.7 Å². The van der Waals surface area contributed by atoms with Gasteiger partial charge >= 0.3 is 0 Å². The first-order chi connectivity index (χ1) is 7.54. The van der Waals surface area contributed by atoms with Crippen molar-refractivity contribution in [1.82, 2.24) is 20.5 Å². The maximum absolute atomic E-state index is 5.36. The largest absolute Gasteiger partial charge is 0.353 e. The summed E-state index contributed by atoms with van der Waals surface area (Å²) >= 11 is 0. The van der Waals surface area contributed by atoms with Crippen LogP contribution in [0.15, 0.2) is 11.2 Å². The van der Waals surface area contributed by atoms with Gasteiger partial charge in [-0.25, -0.2) is 10.8 Å². The van der Waals surface area contributed by atoms with Gasteiger partial charge in [-0.3, -0.25) is 10.1 Å². The summed E-state index contributed by atoms with van der Waals surface area (Å²) in [5.41, 5.74) is 4.75. The molecule has 1 aromatic rings. The molecule has 6 nitrogen and oxygen atoms in total. The second-order valence-corrected chi connectivity index (χ2v) is 3.99. The molecule has 0 bridgehead atoms. The molecule has 4 N–H and O–H groups in total. The van der Waals surface area contributed by atoms with Crippen molar-refractivity contribution >= 4 is 5.96 Å². The van der Waals surface area contributed by atoms with Gasteiger partial charge in [0.25, 0.3) is 0 Å². The van der Waals surface area contributed by atoms with E-state index in [-0.39, 0.29) is 0 Å². The number of hydrazine groups is 1. The summed E-state index contributed by atoms with van der Waals surface area (Å²) in [4.78, 5) is 4.34.